The Bertz CT molecular complexity index is 1510. The molecule has 0 bridgehead atoms. The van der Waals surface area contributed by atoms with Crippen molar-refractivity contribution >= 4 is 0 Å². The first-order valence-corrected chi connectivity index (χ1v) is 11.4. The van der Waals surface area contributed by atoms with Crippen molar-refractivity contribution in [3.05, 3.63) is 112 Å². The first-order chi connectivity index (χ1) is 17.2. The molecule has 3 aromatic carbocycles. The van der Waals surface area contributed by atoms with Crippen molar-refractivity contribution < 1.29 is 0 Å². The molecular weight excluding hydrogens is 436 g/mol. The summed E-state index contributed by atoms with van der Waals surface area (Å²) in [6.07, 6.45) is 8.68. The van der Waals surface area contributed by atoms with E-state index in [2.05, 4.69) is 50.8 Å². The molecule has 7 nitrogen and oxygen atoms in total. The maximum absolute atomic E-state index is 13.3. The average Bonchev–Trinajstić information content (AvgIpc) is 3.54. The van der Waals surface area contributed by atoms with Crippen LogP contribution in [0.5, 0.6) is 0 Å². The molecule has 2 heterocycles. The zero-order valence-electron chi connectivity index (χ0n) is 19.1. The van der Waals surface area contributed by atoms with Gasteiger partial charge in [-0.1, -0.05) is 78.9 Å². The second-order valence-corrected chi connectivity index (χ2v) is 8.30. The molecule has 5 rings (SSSR count). The van der Waals surface area contributed by atoms with E-state index in [4.69, 9.17) is 6.42 Å². The molecule has 7 heteroatoms. The molecule has 172 valence electrons. The fourth-order valence-electron chi connectivity index (χ4n) is 4.23. The van der Waals surface area contributed by atoms with Gasteiger partial charge in [0, 0.05) is 30.3 Å². The summed E-state index contributed by atoms with van der Waals surface area (Å²) in [5.74, 6) is 3.31. The fourth-order valence-corrected chi connectivity index (χ4v) is 4.23. The van der Waals surface area contributed by atoms with Crippen molar-refractivity contribution in [1.29, 1.82) is 0 Å². The normalized spacial score (nSPS) is 10.8. The monoisotopic (exact) mass is 460 g/mol. The topological polar surface area (TPSA) is 81.4 Å². The van der Waals surface area contributed by atoms with E-state index in [0.29, 0.717) is 31.8 Å². The molecule has 0 spiro atoms. The third-order valence-corrected chi connectivity index (χ3v) is 5.98. The fraction of sp³-hybridized carbons (Fsp3) is 0.143. The number of aromatic nitrogens is 6. The molecule has 0 atom stereocenters. The second kappa shape index (κ2) is 10.1. The minimum absolute atomic E-state index is 0.0342. The maximum atomic E-state index is 13.3. The van der Waals surface area contributed by atoms with Crippen molar-refractivity contribution in [1.82, 2.24) is 29.8 Å². The summed E-state index contributed by atoms with van der Waals surface area (Å²) in [5.41, 5.74) is 6.02. The number of aromatic amines is 1. The number of terminal acetylenes is 1. The average molecular weight is 461 g/mol. The summed E-state index contributed by atoms with van der Waals surface area (Å²) in [4.78, 5) is 13.3. The summed E-state index contributed by atoms with van der Waals surface area (Å²) in [6, 6.07) is 26.2. The first kappa shape index (κ1) is 22.1. The Hall–Kier alpha value is -4.70. The third kappa shape index (κ3) is 4.82. The molecule has 0 amide bonds. The zero-order chi connectivity index (χ0) is 24.0. The molecule has 0 aliphatic carbocycles. The Morgan fingerprint density at radius 3 is 2.29 bits per heavy atom. The van der Waals surface area contributed by atoms with E-state index in [1.165, 1.54) is 0 Å². The van der Waals surface area contributed by atoms with Crippen LogP contribution in [-0.4, -0.2) is 29.8 Å². The highest BCUT2D eigenvalue weighted by atomic mass is 16.1. The number of benzene rings is 3. The van der Waals surface area contributed by atoms with Crippen LogP contribution in [0.4, 0.5) is 0 Å². The van der Waals surface area contributed by atoms with Gasteiger partial charge in [0.05, 0.1) is 13.1 Å². The van der Waals surface area contributed by atoms with Crippen LogP contribution in [0.25, 0.3) is 22.5 Å². The van der Waals surface area contributed by atoms with Crippen molar-refractivity contribution in [2.45, 2.75) is 25.9 Å². The van der Waals surface area contributed by atoms with Crippen molar-refractivity contribution in [2.75, 3.05) is 0 Å². The smallest absolute Gasteiger partial charge is 0.295 e. The molecule has 0 radical (unpaired) electrons. The van der Waals surface area contributed by atoms with Crippen LogP contribution in [-0.2, 0) is 19.5 Å². The van der Waals surface area contributed by atoms with Gasteiger partial charge in [0.1, 0.15) is 0 Å². The molecular formula is C28H24N6O. The SMILES string of the molecule is C#CCCc1cn(Cc2ccccc2)c(=O)n1Cc1ccc(-c2ccccc2-c2nnn[nH]2)cc1. The van der Waals surface area contributed by atoms with Crippen LogP contribution >= 0.6 is 0 Å². The lowest BCUT2D eigenvalue weighted by atomic mass is 9.98. The number of hydrogen-bond acceptors (Lipinski definition) is 4. The Morgan fingerprint density at radius 1 is 0.857 bits per heavy atom. The Balaban J connectivity index is 1.43. The van der Waals surface area contributed by atoms with Crippen LogP contribution in [0.1, 0.15) is 23.2 Å². The Kier molecular flexibility index (Phi) is 6.35. The lowest BCUT2D eigenvalue weighted by Gasteiger charge is -2.10. The van der Waals surface area contributed by atoms with Gasteiger partial charge in [-0.05, 0) is 32.7 Å². The molecule has 35 heavy (non-hydrogen) atoms. The summed E-state index contributed by atoms with van der Waals surface area (Å²) in [5, 5.41) is 14.3. The third-order valence-electron chi connectivity index (χ3n) is 5.98. The molecule has 0 unspecified atom stereocenters. The van der Waals surface area contributed by atoms with Gasteiger partial charge in [0.25, 0.3) is 0 Å². The van der Waals surface area contributed by atoms with Crippen LogP contribution in [0.3, 0.4) is 0 Å². The number of nitrogens with one attached hydrogen (secondary N) is 1. The molecule has 0 aliphatic rings. The standard InChI is InChI=1S/C28H24N6O/c1-2-3-11-24-20-33(18-21-9-5-4-6-10-21)28(35)34(24)19-22-14-16-23(17-15-22)25-12-7-8-13-26(25)27-29-31-32-30-27/h1,4-10,12-17,20H,3,11,18-19H2,(H,29,30,31,32). The number of imidazole rings is 1. The van der Waals surface area contributed by atoms with Gasteiger partial charge in [-0.25, -0.2) is 9.89 Å². The summed E-state index contributed by atoms with van der Waals surface area (Å²) >= 11 is 0. The quantitative estimate of drug-likeness (QED) is 0.353. The van der Waals surface area contributed by atoms with E-state index in [9.17, 15) is 4.79 Å². The molecule has 2 aromatic heterocycles. The van der Waals surface area contributed by atoms with E-state index < -0.39 is 0 Å². The van der Waals surface area contributed by atoms with Crippen molar-refractivity contribution in [3.63, 3.8) is 0 Å². The van der Waals surface area contributed by atoms with Gasteiger partial charge in [-0.15, -0.1) is 17.4 Å². The number of aryl methyl sites for hydroxylation is 1. The predicted molar refractivity (Wildman–Crippen MR) is 136 cm³/mol. The van der Waals surface area contributed by atoms with Gasteiger partial charge in [-0.3, -0.25) is 9.13 Å². The highest BCUT2D eigenvalue weighted by molar-refractivity contribution is 5.80. The largest absolute Gasteiger partial charge is 0.328 e. The van der Waals surface area contributed by atoms with Gasteiger partial charge in [0.15, 0.2) is 5.82 Å². The molecule has 1 N–H and O–H groups in total. The minimum atomic E-state index is -0.0342. The van der Waals surface area contributed by atoms with E-state index >= 15 is 0 Å². The highest BCUT2D eigenvalue weighted by Gasteiger charge is 2.13. The van der Waals surface area contributed by atoms with E-state index in [-0.39, 0.29) is 5.69 Å². The van der Waals surface area contributed by atoms with E-state index in [1.54, 1.807) is 4.57 Å². The minimum Gasteiger partial charge on any atom is -0.295 e. The molecule has 0 saturated heterocycles. The van der Waals surface area contributed by atoms with Crippen LogP contribution < -0.4 is 5.69 Å². The zero-order valence-corrected chi connectivity index (χ0v) is 19.1. The number of hydrogen-bond donors (Lipinski definition) is 1. The highest BCUT2D eigenvalue weighted by Crippen LogP contribution is 2.29. The lowest BCUT2D eigenvalue weighted by Crippen LogP contribution is -2.26. The second-order valence-electron chi connectivity index (χ2n) is 8.30. The van der Waals surface area contributed by atoms with E-state index in [1.807, 2.05) is 65.4 Å². The molecule has 0 aliphatic heterocycles. The van der Waals surface area contributed by atoms with Crippen LogP contribution in [0.15, 0.2) is 89.9 Å². The molecule has 0 saturated carbocycles. The Labute approximate surface area is 203 Å². The summed E-state index contributed by atoms with van der Waals surface area (Å²) in [7, 11) is 0. The van der Waals surface area contributed by atoms with Gasteiger partial charge in [0.2, 0.25) is 0 Å². The van der Waals surface area contributed by atoms with Gasteiger partial charge in [-0.2, -0.15) is 0 Å². The number of tetrazole rings is 1. The molecule has 0 fully saturated rings. The predicted octanol–water partition coefficient (Wildman–Crippen LogP) is 4.16. The van der Waals surface area contributed by atoms with Crippen LogP contribution in [0, 0.1) is 12.3 Å². The first-order valence-electron chi connectivity index (χ1n) is 11.4. The number of rotatable bonds is 8. The van der Waals surface area contributed by atoms with Crippen molar-refractivity contribution in [3.8, 4) is 34.9 Å². The van der Waals surface area contributed by atoms with Gasteiger partial charge >= 0.3 is 5.69 Å². The van der Waals surface area contributed by atoms with Crippen LogP contribution in [0.2, 0.25) is 0 Å². The summed E-state index contributed by atoms with van der Waals surface area (Å²) in [6.45, 7) is 1.01. The summed E-state index contributed by atoms with van der Waals surface area (Å²) < 4.78 is 3.58. The maximum Gasteiger partial charge on any atom is 0.328 e. The number of H-pyrrole nitrogens is 1. The van der Waals surface area contributed by atoms with E-state index in [0.717, 1.165) is 33.5 Å². The Morgan fingerprint density at radius 2 is 1.57 bits per heavy atom. The van der Waals surface area contributed by atoms with Crippen molar-refractivity contribution in [2.24, 2.45) is 0 Å². The molecule has 5 aromatic rings. The lowest BCUT2D eigenvalue weighted by molar-refractivity contribution is 0.668. The van der Waals surface area contributed by atoms with Gasteiger partial charge < -0.3 is 0 Å². The number of nitrogens with zero attached hydrogens (tertiary/aromatic N) is 5.